The smallest absolute Gasteiger partial charge is 0.0648 e. The number of fused-ring (bicyclic) bond motifs is 1. The minimum Gasteiger partial charge on any atom is -0.341 e. The van der Waals surface area contributed by atoms with Crippen LogP contribution in [0.4, 0.5) is 0 Å². The summed E-state index contributed by atoms with van der Waals surface area (Å²) in [6.45, 7) is 6.05. The third-order valence-corrected chi connectivity index (χ3v) is 3.61. The van der Waals surface area contributed by atoms with Gasteiger partial charge in [-0.05, 0) is 35.2 Å². The molecular formula is C18H21N3. The van der Waals surface area contributed by atoms with Crippen molar-refractivity contribution in [2.45, 2.75) is 33.0 Å². The van der Waals surface area contributed by atoms with E-state index >= 15 is 0 Å². The van der Waals surface area contributed by atoms with Gasteiger partial charge in [-0.1, -0.05) is 32.0 Å². The molecule has 3 rings (SSSR count). The number of pyridine rings is 1. The van der Waals surface area contributed by atoms with E-state index in [1.165, 1.54) is 16.5 Å². The standard InChI is InChI=1S/C18H21N3/c1-14(2)20-12-15-6-7-16-8-10-21(18(16)11-15)13-17-5-3-4-9-19-17/h3-11,14,20H,12-13H2,1-2H3. The summed E-state index contributed by atoms with van der Waals surface area (Å²) in [4.78, 5) is 4.41. The van der Waals surface area contributed by atoms with Crippen LogP contribution in [0.2, 0.25) is 0 Å². The molecule has 108 valence electrons. The molecule has 3 heteroatoms. The fourth-order valence-electron chi connectivity index (χ4n) is 2.47. The second kappa shape index (κ2) is 6.10. The average Bonchev–Trinajstić information content (AvgIpc) is 2.89. The summed E-state index contributed by atoms with van der Waals surface area (Å²) in [5.41, 5.74) is 3.67. The van der Waals surface area contributed by atoms with E-state index in [9.17, 15) is 0 Å². The first-order valence-electron chi connectivity index (χ1n) is 7.43. The van der Waals surface area contributed by atoms with Crippen LogP contribution < -0.4 is 5.32 Å². The summed E-state index contributed by atoms with van der Waals surface area (Å²) >= 11 is 0. The summed E-state index contributed by atoms with van der Waals surface area (Å²) in [5, 5.41) is 4.74. The van der Waals surface area contributed by atoms with Crippen LogP contribution in [0.1, 0.15) is 25.1 Å². The maximum Gasteiger partial charge on any atom is 0.0648 e. The van der Waals surface area contributed by atoms with Gasteiger partial charge in [0.25, 0.3) is 0 Å². The van der Waals surface area contributed by atoms with Gasteiger partial charge in [-0.25, -0.2) is 0 Å². The van der Waals surface area contributed by atoms with Gasteiger partial charge in [0.2, 0.25) is 0 Å². The van der Waals surface area contributed by atoms with Gasteiger partial charge in [-0.2, -0.15) is 0 Å². The summed E-state index contributed by atoms with van der Waals surface area (Å²) in [7, 11) is 0. The lowest BCUT2D eigenvalue weighted by Crippen LogP contribution is -2.21. The van der Waals surface area contributed by atoms with Gasteiger partial charge in [-0.15, -0.1) is 0 Å². The van der Waals surface area contributed by atoms with Gasteiger partial charge in [0.1, 0.15) is 0 Å². The molecule has 1 aromatic carbocycles. The molecule has 0 unspecified atom stereocenters. The lowest BCUT2D eigenvalue weighted by molar-refractivity contribution is 0.589. The molecule has 2 aromatic heterocycles. The number of nitrogens with zero attached hydrogens (tertiary/aromatic N) is 2. The van der Waals surface area contributed by atoms with Crippen molar-refractivity contribution in [1.29, 1.82) is 0 Å². The zero-order valence-corrected chi connectivity index (χ0v) is 12.6. The first-order chi connectivity index (χ1) is 10.2. The van der Waals surface area contributed by atoms with Crippen LogP contribution in [0, 0.1) is 0 Å². The van der Waals surface area contributed by atoms with E-state index in [-0.39, 0.29) is 0 Å². The van der Waals surface area contributed by atoms with Gasteiger partial charge < -0.3 is 9.88 Å². The van der Waals surface area contributed by atoms with Crippen LogP contribution in [0.5, 0.6) is 0 Å². The van der Waals surface area contributed by atoms with Gasteiger partial charge in [-0.3, -0.25) is 4.98 Å². The van der Waals surface area contributed by atoms with E-state index in [4.69, 9.17) is 0 Å². The Hall–Kier alpha value is -2.13. The second-order valence-corrected chi connectivity index (χ2v) is 5.69. The van der Waals surface area contributed by atoms with Crippen molar-refractivity contribution in [2.75, 3.05) is 0 Å². The lowest BCUT2D eigenvalue weighted by Gasteiger charge is -2.09. The number of hydrogen-bond acceptors (Lipinski definition) is 2. The van der Waals surface area contributed by atoms with Crippen LogP contribution in [0.3, 0.4) is 0 Å². The van der Waals surface area contributed by atoms with Crippen molar-refractivity contribution >= 4 is 10.9 Å². The van der Waals surface area contributed by atoms with Crippen LogP contribution >= 0.6 is 0 Å². The highest BCUT2D eigenvalue weighted by molar-refractivity contribution is 5.80. The lowest BCUT2D eigenvalue weighted by atomic mass is 10.1. The number of hydrogen-bond donors (Lipinski definition) is 1. The normalized spacial score (nSPS) is 11.4. The van der Waals surface area contributed by atoms with Crippen molar-refractivity contribution in [2.24, 2.45) is 0 Å². The second-order valence-electron chi connectivity index (χ2n) is 5.69. The fourth-order valence-corrected chi connectivity index (χ4v) is 2.47. The molecule has 0 aliphatic carbocycles. The maximum absolute atomic E-state index is 4.41. The Bertz CT molecular complexity index is 714. The van der Waals surface area contributed by atoms with Crippen LogP contribution in [-0.4, -0.2) is 15.6 Å². The molecular weight excluding hydrogens is 258 g/mol. The van der Waals surface area contributed by atoms with E-state index in [2.05, 4.69) is 65.2 Å². The number of benzene rings is 1. The Morgan fingerprint density at radius 3 is 2.81 bits per heavy atom. The van der Waals surface area contributed by atoms with Crippen molar-refractivity contribution in [3.05, 3.63) is 66.1 Å². The molecule has 0 saturated heterocycles. The molecule has 0 atom stereocenters. The zero-order chi connectivity index (χ0) is 14.7. The molecule has 2 heterocycles. The minimum absolute atomic E-state index is 0.501. The molecule has 0 radical (unpaired) electrons. The largest absolute Gasteiger partial charge is 0.341 e. The minimum atomic E-state index is 0.501. The highest BCUT2D eigenvalue weighted by atomic mass is 15.0. The molecule has 0 aliphatic heterocycles. The molecule has 0 spiro atoms. The Balaban J connectivity index is 1.87. The quantitative estimate of drug-likeness (QED) is 0.773. The molecule has 0 amide bonds. The highest BCUT2D eigenvalue weighted by Crippen LogP contribution is 2.19. The van der Waals surface area contributed by atoms with Crippen LogP contribution in [0.25, 0.3) is 10.9 Å². The monoisotopic (exact) mass is 279 g/mol. The van der Waals surface area contributed by atoms with Crippen LogP contribution in [0.15, 0.2) is 54.9 Å². The van der Waals surface area contributed by atoms with Crippen molar-refractivity contribution in [1.82, 2.24) is 14.9 Å². The molecule has 21 heavy (non-hydrogen) atoms. The first kappa shape index (κ1) is 13.8. The van der Waals surface area contributed by atoms with E-state index in [0.717, 1.165) is 18.8 Å². The van der Waals surface area contributed by atoms with Gasteiger partial charge in [0, 0.05) is 30.5 Å². The number of rotatable bonds is 5. The third-order valence-electron chi connectivity index (χ3n) is 3.61. The summed E-state index contributed by atoms with van der Waals surface area (Å²) in [6, 6.07) is 15.4. The van der Waals surface area contributed by atoms with Gasteiger partial charge >= 0.3 is 0 Å². The third kappa shape index (κ3) is 3.31. The number of nitrogens with one attached hydrogen (secondary N) is 1. The Labute approximate surface area is 125 Å². The van der Waals surface area contributed by atoms with E-state index in [0.29, 0.717) is 6.04 Å². The van der Waals surface area contributed by atoms with Crippen molar-refractivity contribution < 1.29 is 0 Å². The van der Waals surface area contributed by atoms with E-state index < -0.39 is 0 Å². The predicted molar refractivity (Wildman–Crippen MR) is 87.3 cm³/mol. The summed E-state index contributed by atoms with van der Waals surface area (Å²) in [6.07, 6.45) is 3.98. The Morgan fingerprint density at radius 2 is 2.05 bits per heavy atom. The molecule has 0 bridgehead atoms. The Morgan fingerprint density at radius 1 is 1.14 bits per heavy atom. The summed E-state index contributed by atoms with van der Waals surface area (Å²) < 4.78 is 2.26. The summed E-state index contributed by atoms with van der Waals surface area (Å²) in [5.74, 6) is 0. The molecule has 0 saturated carbocycles. The average molecular weight is 279 g/mol. The zero-order valence-electron chi connectivity index (χ0n) is 12.6. The van der Waals surface area contributed by atoms with E-state index in [1.807, 2.05) is 18.3 Å². The molecule has 0 aliphatic rings. The van der Waals surface area contributed by atoms with Crippen LogP contribution in [-0.2, 0) is 13.1 Å². The Kier molecular flexibility index (Phi) is 4.02. The van der Waals surface area contributed by atoms with Crippen molar-refractivity contribution in [3.63, 3.8) is 0 Å². The molecule has 1 N–H and O–H groups in total. The van der Waals surface area contributed by atoms with Gasteiger partial charge in [0.05, 0.1) is 12.2 Å². The molecule has 0 fully saturated rings. The number of aromatic nitrogens is 2. The van der Waals surface area contributed by atoms with Gasteiger partial charge in [0.15, 0.2) is 0 Å². The SMILES string of the molecule is CC(C)NCc1ccc2ccn(Cc3ccccn3)c2c1. The molecule has 3 nitrogen and oxygen atoms in total. The van der Waals surface area contributed by atoms with Crippen molar-refractivity contribution in [3.8, 4) is 0 Å². The first-order valence-corrected chi connectivity index (χ1v) is 7.43. The van der Waals surface area contributed by atoms with E-state index in [1.54, 1.807) is 0 Å². The predicted octanol–water partition coefficient (Wildman–Crippen LogP) is 3.58. The maximum atomic E-state index is 4.41. The highest BCUT2D eigenvalue weighted by Gasteiger charge is 2.04. The molecule has 3 aromatic rings. The fraction of sp³-hybridized carbons (Fsp3) is 0.278. The topological polar surface area (TPSA) is 29.9 Å².